The number of amides is 1. The van der Waals surface area contributed by atoms with Crippen LogP contribution in [0, 0.1) is 5.92 Å². The van der Waals surface area contributed by atoms with Gasteiger partial charge in [0.2, 0.25) is 10.0 Å². The van der Waals surface area contributed by atoms with E-state index in [1.807, 2.05) is 30.3 Å². The van der Waals surface area contributed by atoms with Crippen molar-refractivity contribution in [1.29, 1.82) is 0 Å². The number of nitrogens with zero attached hydrogens (tertiary/aromatic N) is 1. The maximum Gasteiger partial charge on any atom is 0.251 e. The average Bonchev–Trinajstić information content (AvgIpc) is 2.69. The molecule has 1 fully saturated rings. The third kappa shape index (κ3) is 4.96. The molecule has 144 valence electrons. The second-order valence-corrected chi connectivity index (χ2v) is 9.04. The van der Waals surface area contributed by atoms with Gasteiger partial charge in [0, 0.05) is 25.2 Å². The van der Waals surface area contributed by atoms with Gasteiger partial charge in [-0.1, -0.05) is 43.3 Å². The number of carbonyl (C=O) groups is 1. The molecule has 27 heavy (non-hydrogen) atoms. The van der Waals surface area contributed by atoms with Crippen molar-refractivity contribution in [1.82, 2.24) is 9.62 Å². The van der Waals surface area contributed by atoms with Crippen LogP contribution in [0.4, 0.5) is 0 Å². The summed E-state index contributed by atoms with van der Waals surface area (Å²) in [6, 6.07) is 16.2. The fraction of sp³-hybridized carbons (Fsp3) is 0.381. The predicted octanol–water partition coefficient (Wildman–Crippen LogP) is 3.08. The smallest absolute Gasteiger partial charge is 0.251 e. The molecule has 0 bridgehead atoms. The standard InChI is InChI=1S/C21H26N2O3S/c1-17-11-14-23(15-12-17)27(25,26)20-9-5-8-19(16-20)21(24)22-13-10-18-6-3-2-4-7-18/h2-9,16-17H,10-15H2,1H3,(H,22,24). The van der Waals surface area contributed by atoms with E-state index in [4.69, 9.17) is 0 Å². The lowest BCUT2D eigenvalue weighted by Gasteiger charge is -2.29. The number of piperidine rings is 1. The molecule has 2 aromatic carbocycles. The van der Waals surface area contributed by atoms with Crippen LogP contribution in [-0.2, 0) is 16.4 Å². The van der Waals surface area contributed by atoms with Gasteiger partial charge in [-0.25, -0.2) is 8.42 Å². The molecule has 1 amide bonds. The Labute approximate surface area is 161 Å². The molecule has 0 aromatic heterocycles. The van der Waals surface area contributed by atoms with Crippen LogP contribution in [0.25, 0.3) is 0 Å². The Morgan fingerprint density at radius 3 is 2.48 bits per heavy atom. The molecule has 0 radical (unpaired) electrons. The molecule has 0 aliphatic carbocycles. The Bertz CT molecular complexity index is 873. The molecule has 3 rings (SSSR count). The summed E-state index contributed by atoms with van der Waals surface area (Å²) in [6.45, 7) is 3.72. The first-order valence-electron chi connectivity index (χ1n) is 9.39. The molecular weight excluding hydrogens is 360 g/mol. The number of nitrogens with one attached hydrogen (secondary N) is 1. The number of benzene rings is 2. The molecule has 0 atom stereocenters. The normalized spacial score (nSPS) is 16.2. The van der Waals surface area contributed by atoms with E-state index in [0.29, 0.717) is 31.1 Å². The highest BCUT2D eigenvalue weighted by atomic mass is 32.2. The zero-order chi connectivity index (χ0) is 19.3. The van der Waals surface area contributed by atoms with Crippen molar-refractivity contribution in [3.05, 3.63) is 65.7 Å². The van der Waals surface area contributed by atoms with Gasteiger partial charge >= 0.3 is 0 Å². The molecule has 6 heteroatoms. The lowest BCUT2D eigenvalue weighted by Crippen LogP contribution is -2.38. The fourth-order valence-corrected chi connectivity index (χ4v) is 4.76. The highest BCUT2D eigenvalue weighted by Gasteiger charge is 2.28. The van der Waals surface area contributed by atoms with Crippen LogP contribution in [0.15, 0.2) is 59.5 Å². The van der Waals surface area contributed by atoms with Crippen LogP contribution >= 0.6 is 0 Å². The Balaban J connectivity index is 1.64. The minimum absolute atomic E-state index is 0.188. The number of hydrogen-bond acceptors (Lipinski definition) is 3. The first kappa shape index (κ1) is 19.6. The average molecular weight is 387 g/mol. The Hall–Kier alpha value is -2.18. The predicted molar refractivity (Wildman–Crippen MR) is 106 cm³/mol. The van der Waals surface area contributed by atoms with Crippen LogP contribution in [0.5, 0.6) is 0 Å². The molecular formula is C21H26N2O3S. The quantitative estimate of drug-likeness (QED) is 0.830. The molecule has 2 aromatic rings. The summed E-state index contributed by atoms with van der Waals surface area (Å²) in [4.78, 5) is 12.6. The summed E-state index contributed by atoms with van der Waals surface area (Å²) in [6.07, 6.45) is 2.48. The second kappa shape index (κ2) is 8.67. The maximum absolute atomic E-state index is 12.9. The molecule has 1 aliphatic rings. The van der Waals surface area contributed by atoms with E-state index in [9.17, 15) is 13.2 Å². The van der Waals surface area contributed by atoms with Gasteiger partial charge in [0.25, 0.3) is 5.91 Å². The van der Waals surface area contributed by atoms with Crippen LogP contribution in [0.3, 0.4) is 0 Å². The fourth-order valence-electron chi connectivity index (χ4n) is 3.24. The number of hydrogen-bond donors (Lipinski definition) is 1. The van der Waals surface area contributed by atoms with Gasteiger partial charge < -0.3 is 5.32 Å². The van der Waals surface area contributed by atoms with E-state index in [-0.39, 0.29) is 10.8 Å². The van der Waals surface area contributed by atoms with E-state index >= 15 is 0 Å². The van der Waals surface area contributed by atoms with E-state index in [1.165, 1.54) is 10.4 Å². The van der Waals surface area contributed by atoms with Gasteiger partial charge in [-0.05, 0) is 48.9 Å². The van der Waals surface area contributed by atoms with E-state index in [2.05, 4.69) is 12.2 Å². The minimum atomic E-state index is -3.55. The van der Waals surface area contributed by atoms with Gasteiger partial charge in [-0.2, -0.15) is 4.31 Å². The van der Waals surface area contributed by atoms with Gasteiger partial charge in [-0.15, -0.1) is 0 Å². The summed E-state index contributed by atoms with van der Waals surface area (Å²) >= 11 is 0. The summed E-state index contributed by atoms with van der Waals surface area (Å²) in [5.74, 6) is 0.299. The lowest BCUT2D eigenvalue weighted by molar-refractivity contribution is 0.0954. The van der Waals surface area contributed by atoms with Crippen LogP contribution in [-0.4, -0.2) is 38.3 Å². The van der Waals surface area contributed by atoms with Crippen LogP contribution in [0.1, 0.15) is 35.7 Å². The monoisotopic (exact) mass is 386 g/mol. The van der Waals surface area contributed by atoms with Gasteiger partial charge in [-0.3, -0.25) is 4.79 Å². The molecule has 0 saturated carbocycles. The van der Waals surface area contributed by atoms with E-state index < -0.39 is 10.0 Å². The summed E-state index contributed by atoms with van der Waals surface area (Å²) in [5.41, 5.74) is 1.52. The second-order valence-electron chi connectivity index (χ2n) is 7.11. The highest BCUT2D eigenvalue weighted by molar-refractivity contribution is 7.89. The van der Waals surface area contributed by atoms with Gasteiger partial charge in [0.1, 0.15) is 0 Å². The number of sulfonamides is 1. The molecule has 1 N–H and O–H groups in total. The number of rotatable bonds is 6. The summed E-state index contributed by atoms with van der Waals surface area (Å²) in [7, 11) is -3.55. The van der Waals surface area contributed by atoms with Crippen LogP contribution < -0.4 is 5.32 Å². The maximum atomic E-state index is 12.9. The first-order chi connectivity index (χ1) is 13.0. The third-order valence-electron chi connectivity index (χ3n) is 5.02. The summed E-state index contributed by atoms with van der Waals surface area (Å²) < 4.78 is 27.3. The van der Waals surface area contributed by atoms with Crippen molar-refractivity contribution < 1.29 is 13.2 Å². The van der Waals surface area contributed by atoms with E-state index in [1.54, 1.807) is 18.2 Å². The van der Waals surface area contributed by atoms with Crippen molar-refractivity contribution in [2.45, 2.75) is 31.1 Å². The topological polar surface area (TPSA) is 66.5 Å². The van der Waals surface area contributed by atoms with Crippen molar-refractivity contribution in [2.75, 3.05) is 19.6 Å². The zero-order valence-electron chi connectivity index (χ0n) is 15.6. The largest absolute Gasteiger partial charge is 0.352 e. The van der Waals surface area contributed by atoms with Crippen molar-refractivity contribution in [3.8, 4) is 0 Å². The minimum Gasteiger partial charge on any atom is -0.352 e. The zero-order valence-corrected chi connectivity index (χ0v) is 16.4. The third-order valence-corrected chi connectivity index (χ3v) is 6.91. The molecule has 0 spiro atoms. The molecule has 1 aliphatic heterocycles. The van der Waals surface area contributed by atoms with Crippen LogP contribution in [0.2, 0.25) is 0 Å². The van der Waals surface area contributed by atoms with E-state index in [0.717, 1.165) is 24.8 Å². The van der Waals surface area contributed by atoms with Gasteiger partial charge in [0.05, 0.1) is 4.90 Å². The van der Waals surface area contributed by atoms with Crippen molar-refractivity contribution in [3.63, 3.8) is 0 Å². The lowest BCUT2D eigenvalue weighted by atomic mass is 10.0. The molecule has 1 heterocycles. The van der Waals surface area contributed by atoms with Gasteiger partial charge in [0.15, 0.2) is 0 Å². The summed E-state index contributed by atoms with van der Waals surface area (Å²) in [5, 5.41) is 2.86. The highest BCUT2D eigenvalue weighted by Crippen LogP contribution is 2.23. The Morgan fingerprint density at radius 2 is 1.78 bits per heavy atom. The van der Waals surface area contributed by atoms with Crippen molar-refractivity contribution in [2.24, 2.45) is 5.92 Å². The van der Waals surface area contributed by atoms with Crippen molar-refractivity contribution >= 4 is 15.9 Å². The molecule has 1 saturated heterocycles. The number of carbonyl (C=O) groups excluding carboxylic acids is 1. The molecule has 5 nitrogen and oxygen atoms in total. The Kier molecular flexibility index (Phi) is 6.29. The molecule has 0 unspecified atom stereocenters. The SMILES string of the molecule is CC1CCN(S(=O)(=O)c2cccc(C(=O)NCCc3ccccc3)c2)CC1. The Morgan fingerprint density at radius 1 is 1.07 bits per heavy atom. The first-order valence-corrected chi connectivity index (χ1v) is 10.8.